The van der Waals surface area contributed by atoms with E-state index >= 15 is 0 Å². The van der Waals surface area contributed by atoms with Gasteiger partial charge in [0.2, 0.25) is 0 Å². The Morgan fingerprint density at radius 1 is 1.62 bits per heavy atom. The van der Waals surface area contributed by atoms with Crippen LogP contribution in [0.25, 0.3) is 0 Å². The molecule has 1 heterocycles. The summed E-state index contributed by atoms with van der Waals surface area (Å²) in [5, 5.41) is 15.3. The number of rotatable bonds is 5. The van der Waals surface area contributed by atoms with Gasteiger partial charge in [-0.2, -0.15) is 0 Å². The van der Waals surface area contributed by atoms with Crippen LogP contribution in [0.1, 0.15) is 30.2 Å². The van der Waals surface area contributed by atoms with E-state index in [0.29, 0.717) is 18.7 Å². The fourth-order valence-corrected chi connectivity index (χ4v) is 2.91. The molecule has 1 fully saturated rings. The molecule has 2 rings (SSSR count). The topological polar surface area (TPSA) is 41.5 Å². The van der Waals surface area contributed by atoms with Crippen LogP contribution in [0.15, 0.2) is 17.5 Å². The van der Waals surface area contributed by atoms with Crippen molar-refractivity contribution < 1.29 is 9.84 Å². The summed E-state index contributed by atoms with van der Waals surface area (Å²) in [6.45, 7) is 0.640. The summed E-state index contributed by atoms with van der Waals surface area (Å²) in [7, 11) is 1.77. The normalized spacial score (nSPS) is 27.1. The molecule has 3 atom stereocenters. The standard InChI is InChI=1S/C12H19NO2S/c1-15-10-5-4-9(7-10)13-8-11(14)12-3-2-6-16-12/h2-3,6,9-11,13-14H,4-5,7-8H2,1H3. The first kappa shape index (κ1) is 12.0. The van der Waals surface area contributed by atoms with Crippen LogP contribution in [-0.2, 0) is 4.74 Å². The lowest BCUT2D eigenvalue weighted by atomic mass is 10.2. The van der Waals surface area contributed by atoms with E-state index in [1.807, 2.05) is 17.5 Å². The van der Waals surface area contributed by atoms with Gasteiger partial charge >= 0.3 is 0 Å². The van der Waals surface area contributed by atoms with E-state index in [4.69, 9.17) is 4.74 Å². The van der Waals surface area contributed by atoms with Crippen molar-refractivity contribution in [3.05, 3.63) is 22.4 Å². The number of methoxy groups -OCH3 is 1. The average molecular weight is 241 g/mol. The van der Waals surface area contributed by atoms with Crippen molar-refractivity contribution in [1.29, 1.82) is 0 Å². The first-order valence-electron chi connectivity index (χ1n) is 5.77. The summed E-state index contributed by atoms with van der Waals surface area (Å²) < 4.78 is 5.32. The Morgan fingerprint density at radius 2 is 2.50 bits per heavy atom. The van der Waals surface area contributed by atoms with Crippen molar-refractivity contribution in [1.82, 2.24) is 5.32 Å². The number of ether oxygens (including phenoxy) is 1. The molecule has 0 amide bonds. The first-order valence-corrected chi connectivity index (χ1v) is 6.65. The number of hydrogen-bond acceptors (Lipinski definition) is 4. The van der Waals surface area contributed by atoms with Gasteiger partial charge in [0, 0.05) is 24.6 Å². The zero-order valence-electron chi connectivity index (χ0n) is 9.56. The number of nitrogens with one attached hydrogen (secondary N) is 1. The van der Waals surface area contributed by atoms with Crippen LogP contribution >= 0.6 is 11.3 Å². The highest BCUT2D eigenvalue weighted by Gasteiger charge is 2.24. The Morgan fingerprint density at radius 3 is 3.12 bits per heavy atom. The highest BCUT2D eigenvalue weighted by molar-refractivity contribution is 7.10. The third kappa shape index (κ3) is 3.04. The minimum Gasteiger partial charge on any atom is -0.386 e. The molecule has 0 bridgehead atoms. The van der Waals surface area contributed by atoms with Gasteiger partial charge in [-0.1, -0.05) is 6.07 Å². The predicted molar refractivity (Wildman–Crippen MR) is 65.7 cm³/mol. The molecule has 90 valence electrons. The van der Waals surface area contributed by atoms with Gasteiger partial charge in [-0.25, -0.2) is 0 Å². The maximum absolute atomic E-state index is 9.91. The highest BCUT2D eigenvalue weighted by Crippen LogP contribution is 2.23. The minimum atomic E-state index is -0.374. The van der Waals surface area contributed by atoms with Gasteiger partial charge in [-0.15, -0.1) is 11.3 Å². The fraction of sp³-hybridized carbons (Fsp3) is 0.667. The third-order valence-corrected chi connectivity index (χ3v) is 4.16. The van der Waals surface area contributed by atoms with Crippen molar-refractivity contribution in [2.45, 2.75) is 37.5 Å². The quantitative estimate of drug-likeness (QED) is 0.828. The van der Waals surface area contributed by atoms with E-state index in [1.54, 1.807) is 18.4 Å². The van der Waals surface area contributed by atoms with Gasteiger partial charge < -0.3 is 15.2 Å². The molecule has 2 N–H and O–H groups in total. The zero-order valence-corrected chi connectivity index (χ0v) is 10.4. The number of aliphatic hydroxyl groups is 1. The molecule has 0 spiro atoms. The van der Waals surface area contributed by atoms with Crippen LogP contribution in [0.3, 0.4) is 0 Å². The average Bonchev–Trinajstić information content (AvgIpc) is 2.96. The molecular formula is C12H19NO2S. The first-order chi connectivity index (χ1) is 7.79. The van der Waals surface area contributed by atoms with Gasteiger partial charge in [0.25, 0.3) is 0 Å². The monoisotopic (exact) mass is 241 g/mol. The second kappa shape index (κ2) is 5.77. The number of hydrogen-bond donors (Lipinski definition) is 2. The van der Waals surface area contributed by atoms with E-state index in [0.717, 1.165) is 24.1 Å². The number of thiophene rings is 1. The molecule has 3 unspecified atom stereocenters. The maximum Gasteiger partial charge on any atom is 0.101 e. The molecule has 0 aliphatic heterocycles. The third-order valence-electron chi connectivity index (χ3n) is 3.19. The van der Waals surface area contributed by atoms with E-state index in [9.17, 15) is 5.11 Å². The Bertz CT molecular complexity index is 302. The van der Waals surface area contributed by atoms with Gasteiger partial charge in [-0.3, -0.25) is 0 Å². The molecule has 1 aliphatic rings. The second-order valence-corrected chi connectivity index (χ2v) is 5.29. The SMILES string of the molecule is COC1CCC(NCC(O)c2cccs2)C1. The Kier molecular flexibility index (Phi) is 4.35. The lowest BCUT2D eigenvalue weighted by Crippen LogP contribution is -2.31. The van der Waals surface area contributed by atoms with Crippen molar-refractivity contribution in [2.24, 2.45) is 0 Å². The van der Waals surface area contributed by atoms with E-state index in [2.05, 4.69) is 5.32 Å². The number of aliphatic hydroxyl groups excluding tert-OH is 1. The van der Waals surface area contributed by atoms with Crippen LogP contribution in [0, 0.1) is 0 Å². The zero-order chi connectivity index (χ0) is 11.4. The van der Waals surface area contributed by atoms with Crippen LogP contribution in [0.2, 0.25) is 0 Å². The molecule has 1 aliphatic carbocycles. The van der Waals surface area contributed by atoms with Crippen molar-refractivity contribution in [3.63, 3.8) is 0 Å². The van der Waals surface area contributed by atoms with Gasteiger partial charge in [-0.05, 0) is 30.7 Å². The molecule has 16 heavy (non-hydrogen) atoms. The lowest BCUT2D eigenvalue weighted by Gasteiger charge is -2.15. The molecule has 0 saturated heterocycles. The summed E-state index contributed by atoms with van der Waals surface area (Å²) in [5.74, 6) is 0. The Hall–Kier alpha value is -0.420. The molecule has 1 aromatic rings. The summed E-state index contributed by atoms with van der Waals surface area (Å²) >= 11 is 1.60. The van der Waals surface area contributed by atoms with Gasteiger partial charge in [0.05, 0.1) is 6.10 Å². The smallest absolute Gasteiger partial charge is 0.101 e. The minimum absolute atomic E-state index is 0.374. The van der Waals surface area contributed by atoms with E-state index < -0.39 is 0 Å². The predicted octanol–water partition coefficient (Wildman–Crippen LogP) is 1.94. The molecule has 1 aromatic heterocycles. The largest absolute Gasteiger partial charge is 0.386 e. The molecule has 3 nitrogen and oxygen atoms in total. The van der Waals surface area contributed by atoms with Crippen molar-refractivity contribution in [3.8, 4) is 0 Å². The molecule has 4 heteroatoms. The summed E-state index contributed by atoms with van der Waals surface area (Å²) in [4.78, 5) is 1.04. The Balaban J connectivity index is 1.72. The summed E-state index contributed by atoms with van der Waals surface area (Å²) in [6, 6.07) is 4.45. The summed E-state index contributed by atoms with van der Waals surface area (Å²) in [6.07, 6.45) is 3.37. The van der Waals surface area contributed by atoms with Gasteiger partial charge in [0.15, 0.2) is 0 Å². The second-order valence-electron chi connectivity index (χ2n) is 4.31. The lowest BCUT2D eigenvalue weighted by molar-refractivity contribution is 0.105. The molecule has 0 radical (unpaired) electrons. The van der Waals surface area contributed by atoms with Crippen LogP contribution in [-0.4, -0.2) is 30.9 Å². The summed E-state index contributed by atoms with van der Waals surface area (Å²) in [5.41, 5.74) is 0. The van der Waals surface area contributed by atoms with E-state index in [1.165, 1.54) is 0 Å². The van der Waals surface area contributed by atoms with Crippen molar-refractivity contribution >= 4 is 11.3 Å². The van der Waals surface area contributed by atoms with E-state index in [-0.39, 0.29) is 6.10 Å². The maximum atomic E-state index is 9.91. The van der Waals surface area contributed by atoms with Gasteiger partial charge in [0.1, 0.15) is 6.10 Å². The van der Waals surface area contributed by atoms with Crippen LogP contribution in [0.4, 0.5) is 0 Å². The molecule has 0 aromatic carbocycles. The van der Waals surface area contributed by atoms with Crippen molar-refractivity contribution in [2.75, 3.05) is 13.7 Å². The van der Waals surface area contributed by atoms with Crippen LogP contribution < -0.4 is 5.32 Å². The molecule has 1 saturated carbocycles. The molecular weight excluding hydrogens is 222 g/mol. The Labute approximate surface area is 100 Å². The van der Waals surface area contributed by atoms with Crippen LogP contribution in [0.5, 0.6) is 0 Å². The highest BCUT2D eigenvalue weighted by atomic mass is 32.1. The fourth-order valence-electron chi connectivity index (χ4n) is 2.20.